The minimum absolute atomic E-state index is 0.0138. The van der Waals surface area contributed by atoms with E-state index in [4.69, 9.17) is 18.9 Å². The normalized spacial score (nSPS) is 19.5. The topological polar surface area (TPSA) is 74.2 Å². The third-order valence-corrected chi connectivity index (χ3v) is 6.99. The summed E-state index contributed by atoms with van der Waals surface area (Å²) in [5.74, 6) is 1.30. The molecule has 0 amide bonds. The number of aliphatic hydroxyl groups is 1. The SMILES string of the molecule is COC(=O)C[C@@H]1COc2cc(O[C@@H]3CCc4c([B]OC(C)(C)C(C)(C)O)cccc43)ccc21. The lowest BCUT2D eigenvalue weighted by Crippen LogP contribution is -2.49. The summed E-state index contributed by atoms with van der Waals surface area (Å²) in [4.78, 5) is 11.6. The molecule has 2 aliphatic rings. The van der Waals surface area contributed by atoms with Crippen LogP contribution in [0.15, 0.2) is 36.4 Å². The van der Waals surface area contributed by atoms with Gasteiger partial charge in [-0.05, 0) is 63.2 Å². The molecule has 2 aromatic rings. The van der Waals surface area contributed by atoms with E-state index < -0.39 is 11.2 Å². The van der Waals surface area contributed by atoms with Gasteiger partial charge in [0.15, 0.2) is 0 Å². The number of fused-ring (bicyclic) bond motifs is 2. The fourth-order valence-electron chi connectivity index (χ4n) is 4.18. The maximum absolute atomic E-state index is 11.6. The Morgan fingerprint density at radius 3 is 2.70 bits per heavy atom. The molecule has 1 radical (unpaired) electrons. The van der Waals surface area contributed by atoms with Crippen LogP contribution in [0.25, 0.3) is 0 Å². The number of carbonyl (C=O) groups excluding carboxylic acids is 1. The molecule has 6 nitrogen and oxygen atoms in total. The zero-order chi connectivity index (χ0) is 23.8. The molecule has 1 aliphatic heterocycles. The summed E-state index contributed by atoms with van der Waals surface area (Å²) in [6.45, 7) is 7.73. The van der Waals surface area contributed by atoms with E-state index in [2.05, 4.69) is 6.07 Å². The number of benzene rings is 2. The van der Waals surface area contributed by atoms with Gasteiger partial charge in [-0.1, -0.05) is 24.3 Å². The number of hydrogen-bond acceptors (Lipinski definition) is 6. The van der Waals surface area contributed by atoms with Crippen LogP contribution in [-0.2, 0) is 20.6 Å². The van der Waals surface area contributed by atoms with Gasteiger partial charge in [0.1, 0.15) is 17.6 Å². The largest absolute Gasteiger partial charge is 0.492 e. The molecule has 2 aromatic carbocycles. The van der Waals surface area contributed by atoms with Crippen LogP contribution >= 0.6 is 0 Å². The van der Waals surface area contributed by atoms with Crippen molar-refractivity contribution in [2.24, 2.45) is 0 Å². The summed E-state index contributed by atoms with van der Waals surface area (Å²) in [5.41, 5.74) is 2.70. The molecule has 1 heterocycles. The molecule has 0 saturated heterocycles. The highest BCUT2D eigenvalue weighted by Crippen LogP contribution is 2.41. The average molecular weight is 451 g/mol. The zero-order valence-electron chi connectivity index (χ0n) is 20.0. The molecular formula is C26H32BO6. The van der Waals surface area contributed by atoms with Crippen LogP contribution in [0.5, 0.6) is 11.5 Å². The molecule has 1 aliphatic carbocycles. The first kappa shape index (κ1) is 23.6. The predicted molar refractivity (Wildman–Crippen MR) is 126 cm³/mol. The minimum atomic E-state index is -0.974. The van der Waals surface area contributed by atoms with Gasteiger partial charge >= 0.3 is 13.5 Å². The second kappa shape index (κ2) is 9.03. The number of hydrogen-bond donors (Lipinski definition) is 1. The fraction of sp³-hybridized carbons (Fsp3) is 0.500. The average Bonchev–Trinajstić information content (AvgIpc) is 3.36. The van der Waals surface area contributed by atoms with Crippen molar-refractivity contribution in [3.05, 3.63) is 53.1 Å². The Labute approximate surface area is 196 Å². The summed E-state index contributed by atoms with van der Waals surface area (Å²) in [6, 6.07) is 12.0. The van der Waals surface area contributed by atoms with Crippen molar-refractivity contribution in [3.8, 4) is 11.5 Å². The zero-order valence-corrected chi connectivity index (χ0v) is 20.0. The first-order valence-electron chi connectivity index (χ1n) is 11.4. The van der Waals surface area contributed by atoms with E-state index in [1.165, 1.54) is 12.7 Å². The number of rotatable bonds is 8. The smallest absolute Gasteiger partial charge is 0.331 e. The molecular weight excluding hydrogens is 419 g/mol. The van der Waals surface area contributed by atoms with E-state index in [-0.39, 0.29) is 18.0 Å². The lowest BCUT2D eigenvalue weighted by atomic mass is 9.79. The molecule has 0 fully saturated rings. The summed E-state index contributed by atoms with van der Waals surface area (Å²) < 4.78 is 22.9. The van der Waals surface area contributed by atoms with Crippen LogP contribution in [0.4, 0.5) is 0 Å². The van der Waals surface area contributed by atoms with E-state index in [1.807, 2.05) is 44.2 Å². The van der Waals surface area contributed by atoms with Crippen molar-refractivity contribution < 1.29 is 28.8 Å². The van der Waals surface area contributed by atoms with Crippen LogP contribution in [0.3, 0.4) is 0 Å². The number of carbonyl (C=O) groups is 1. The molecule has 4 rings (SSSR count). The Morgan fingerprint density at radius 2 is 1.97 bits per heavy atom. The van der Waals surface area contributed by atoms with Gasteiger partial charge in [0.2, 0.25) is 0 Å². The molecule has 33 heavy (non-hydrogen) atoms. The third-order valence-electron chi connectivity index (χ3n) is 6.99. The molecule has 2 atom stereocenters. The van der Waals surface area contributed by atoms with Crippen molar-refractivity contribution in [1.82, 2.24) is 0 Å². The van der Waals surface area contributed by atoms with E-state index >= 15 is 0 Å². The lowest BCUT2D eigenvalue weighted by Gasteiger charge is -2.37. The van der Waals surface area contributed by atoms with Gasteiger partial charge in [0, 0.05) is 17.5 Å². The van der Waals surface area contributed by atoms with Crippen LogP contribution in [0, 0.1) is 0 Å². The van der Waals surface area contributed by atoms with Gasteiger partial charge in [-0.2, -0.15) is 0 Å². The van der Waals surface area contributed by atoms with Crippen LogP contribution in [-0.4, -0.2) is 43.5 Å². The van der Waals surface area contributed by atoms with Crippen molar-refractivity contribution in [3.63, 3.8) is 0 Å². The summed E-state index contributed by atoms with van der Waals surface area (Å²) in [5, 5.41) is 10.4. The van der Waals surface area contributed by atoms with E-state index in [1.54, 1.807) is 21.3 Å². The highest BCUT2D eigenvalue weighted by Gasteiger charge is 2.36. The summed E-state index contributed by atoms with van der Waals surface area (Å²) in [6.07, 6.45) is 2.02. The van der Waals surface area contributed by atoms with Crippen LogP contribution in [0.2, 0.25) is 0 Å². The fourth-order valence-corrected chi connectivity index (χ4v) is 4.18. The molecule has 0 saturated carbocycles. The number of ether oxygens (including phenoxy) is 3. The van der Waals surface area contributed by atoms with Gasteiger partial charge in [0.05, 0.1) is 31.3 Å². The van der Waals surface area contributed by atoms with Crippen molar-refractivity contribution in [2.75, 3.05) is 13.7 Å². The molecule has 0 unspecified atom stereocenters. The minimum Gasteiger partial charge on any atom is -0.492 e. The van der Waals surface area contributed by atoms with Crippen LogP contribution in [0.1, 0.15) is 69.2 Å². The molecule has 175 valence electrons. The van der Waals surface area contributed by atoms with E-state index in [9.17, 15) is 9.90 Å². The molecule has 1 N–H and O–H groups in total. The maximum atomic E-state index is 11.6. The molecule has 7 heteroatoms. The Morgan fingerprint density at radius 1 is 1.18 bits per heavy atom. The van der Waals surface area contributed by atoms with Crippen molar-refractivity contribution in [1.29, 1.82) is 0 Å². The Bertz CT molecular complexity index is 1030. The standard InChI is InChI=1S/C26H32BO6/c1-25(2,29)26(3,4)33-27-21-8-6-7-20-19(21)11-12-22(20)32-17-9-10-18-16(13-24(28)30-5)15-31-23(18)14-17/h6-10,14,16,22,29H,11-13,15H2,1-5H3/t16-,22-/m1/s1. The van der Waals surface area contributed by atoms with Gasteiger partial charge in [-0.15, -0.1) is 0 Å². The molecule has 0 aromatic heterocycles. The van der Waals surface area contributed by atoms with Gasteiger partial charge in [-0.25, -0.2) is 0 Å². The second-order valence-corrected chi connectivity index (χ2v) is 9.85. The number of methoxy groups -OCH3 is 1. The predicted octanol–water partition coefficient (Wildman–Crippen LogP) is 3.60. The number of esters is 1. The lowest BCUT2D eigenvalue weighted by molar-refractivity contribution is -0.141. The molecule has 0 bridgehead atoms. The van der Waals surface area contributed by atoms with Crippen molar-refractivity contribution >= 4 is 18.9 Å². The monoisotopic (exact) mass is 451 g/mol. The maximum Gasteiger partial charge on any atom is 0.331 e. The summed E-state index contributed by atoms with van der Waals surface area (Å²) in [7, 11) is 3.16. The first-order chi connectivity index (χ1) is 15.6. The van der Waals surface area contributed by atoms with Gasteiger partial charge < -0.3 is 24.0 Å². The summed E-state index contributed by atoms with van der Waals surface area (Å²) >= 11 is 0. The molecule has 0 spiro atoms. The quantitative estimate of drug-likeness (QED) is 0.489. The third kappa shape index (κ3) is 4.89. The second-order valence-electron chi connectivity index (χ2n) is 9.85. The highest BCUT2D eigenvalue weighted by atomic mass is 16.5. The van der Waals surface area contributed by atoms with E-state index in [0.29, 0.717) is 13.0 Å². The van der Waals surface area contributed by atoms with Gasteiger partial charge in [-0.3, -0.25) is 4.79 Å². The van der Waals surface area contributed by atoms with E-state index in [0.717, 1.165) is 40.9 Å². The van der Waals surface area contributed by atoms with Crippen LogP contribution < -0.4 is 14.9 Å². The highest BCUT2D eigenvalue weighted by molar-refractivity contribution is 6.47. The Balaban J connectivity index is 1.46. The Kier molecular flexibility index (Phi) is 6.47. The van der Waals surface area contributed by atoms with Gasteiger partial charge in [0.25, 0.3) is 0 Å². The van der Waals surface area contributed by atoms with Crippen molar-refractivity contribution in [2.45, 2.75) is 70.2 Å². The Hall–Kier alpha value is -2.51. The first-order valence-corrected chi connectivity index (χ1v) is 11.4.